The Balaban J connectivity index is 1.82. The number of nitrogens with zero attached hydrogens (tertiary/aromatic N) is 3. The van der Waals surface area contributed by atoms with E-state index in [4.69, 9.17) is 4.74 Å². The molecule has 0 spiro atoms. The van der Waals surface area contributed by atoms with Crippen LogP contribution in [-0.4, -0.2) is 44.6 Å². The molecule has 0 N–H and O–H groups in total. The molecule has 4 nitrogen and oxygen atoms in total. The summed E-state index contributed by atoms with van der Waals surface area (Å²) < 4.78 is 5.33. The molecule has 0 saturated carbocycles. The van der Waals surface area contributed by atoms with Gasteiger partial charge < -0.3 is 9.64 Å². The van der Waals surface area contributed by atoms with Crippen molar-refractivity contribution in [3.8, 4) is 0 Å². The number of hydrogen-bond donors (Lipinski definition) is 0. The summed E-state index contributed by atoms with van der Waals surface area (Å²) in [6, 6.07) is 8.60. The van der Waals surface area contributed by atoms with Crippen molar-refractivity contribution in [2.45, 2.75) is 19.3 Å². The van der Waals surface area contributed by atoms with E-state index < -0.39 is 0 Å². The molecule has 2 aliphatic rings. The number of morpholine rings is 1. The Hall–Kier alpha value is -1.81. The second-order valence-corrected chi connectivity index (χ2v) is 6.08. The molecule has 112 valence electrons. The highest BCUT2D eigenvalue weighted by molar-refractivity contribution is 5.79. The molecule has 0 aromatic heterocycles. The lowest BCUT2D eigenvalue weighted by Gasteiger charge is -2.25. The minimum absolute atomic E-state index is 0.0162. The molecule has 0 atom stereocenters. The number of ether oxygens (including phenoxy) is 1. The van der Waals surface area contributed by atoms with Crippen LogP contribution in [0.4, 0.5) is 5.69 Å². The predicted molar refractivity (Wildman–Crippen MR) is 86.8 cm³/mol. The fourth-order valence-corrected chi connectivity index (χ4v) is 3.17. The van der Waals surface area contributed by atoms with E-state index in [1.54, 1.807) is 0 Å². The summed E-state index contributed by atoms with van der Waals surface area (Å²) in [4.78, 5) is 2.26. The number of likely N-dealkylation sites (N-methyl/N-ethyl adjacent to an activating group) is 1. The topological polar surface area (TPSA) is 28.1 Å². The van der Waals surface area contributed by atoms with Crippen molar-refractivity contribution in [3.05, 3.63) is 41.6 Å². The van der Waals surface area contributed by atoms with Gasteiger partial charge in [-0.15, -0.1) is 0 Å². The predicted octanol–water partition coefficient (Wildman–Crippen LogP) is 2.62. The normalized spacial score (nSPS) is 23.1. The van der Waals surface area contributed by atoms with Gasteiger partial charge >= 0.3 is 0 Å². The molecule has 2 aliphatic heterocycles. The van der Waals surface area contributed by atoms with Gasteiger partial charge in [-0.3, -0.25) is 5.01 Å². The Bertz CT molecular complexity index is 571. The SMILES string of the molecule is CN1/C(=C\C=N\N2CCOCC2)C(C)(C)c2ccccc21. The van der Waals surface area contributed by atoms with Crippen LogP contribution in [0.25, 0.3) is 0 Å². The summed E-state index contributed by atoms with van der Waals surface area (Å²) in [6.07, 6.45) is 4.06. The summed E-state index contributed by atoms with van der Waals surface area (Å²) in [5.41, 5.74) is 3.95. The van der Waals surface area contributed by atoms with E-state index in [1.807, 2.05) is 6.21 Å². The average molecular weight is 285 g/mol. The largest absolute Gasteiger partial charge is 0.378 e. The van der Waals surface area contributed by atoms with Gasteiger partial charge in [-0.25, -0.2) is 0 Å². The number of hydrogen-bond acceptors (Lipinski definition) is 4. The molecule has 1 saturated heterocycles. The van der Waals surface area contributed by atoms with Gasteiger partial charge in [0.15, 0.2) is 0 Å². The smallest absolute Gasteiger partial charge is 0.0659 e. The zero-order chi connectivity index (χ0) is 14.9. The molecule has 21 heavy (non-hydrogen) atoms. The number of fused-ring (bicyclic) bond motifs is 1. The Kier molecular flexibility index (Phi) is 3.72. The first-order valence-corrected chi connectivity index (χ1v) is 7.51. The molecule has 1 fully saturated rings. The van der Waals surface area contributed by atoms with E-state index in [0.29, 0.717) is 0 Å². The third kappa shape index (κ3) is 2.56. The first-order valence-electron chi connectivity index (χ1n) is 7.51. The fourth-order valence-electron chi connectivity index (χ4n) is 3.17. The third-order valence-corrected chi connectivity index (χ3v) is 4.39. The van der Waals surface area contributed by atoms with E-state index in [2.05, 4.69) is 66.2 Å². The zero-order valence-corrected chi connectivity index (χ0v) is 13.0. The van der Waals surface area contributed by atoms with Crippen molar-refractivity contribution >= 4 is 11.9 Å². The van der Waals surface area contributed by atoms with E-state index in [9.17, 15) is 0 Å². The molecule has 3 rings (SSSR count). The Morgan fingerprint density at radius 1 is 1.19 bits per heavy atom. The van der Waals surface area contributed by atoms with Gasteiger partial charge in [0.25, 0.3) is 0 Å². The first kappa shape index (κ1) is 14.1. The van der Waals surface area contributed by atoms with Gasteiger partial charge in [-0.2, -0.15) is 5.10 Å². The van der Waals surface area contributed by atoms with E-state index >= 15 is 0 Å². The Morgan fingerprint density at radius 2 is 1.90 bits per heavy atom. The molecule has 0 amide bonds. The highest BCUT2D eigenvalue weighted by Crippen LogP contribution is 2.46. The van der Waals surface area contributed by atoms with Crippen LogP contribution in [0, 0.1) is 0 Å². The number of hydrazone groups is 1. The second kappa shape index (κ2) is 5.53. The standard InChI is InChI=1S/C17H23N3O/c1-17(2)14-6-4-5-7-15(14)19(3)16(17)8-9-18-20-10-12-21-13-11-20/h4-9H,10-13H2,1-3H3/b16-8-,18-9+. The number of benzene rings is 1. The van der Waals surface area contributed by atoms with Gasteiger partial charge in [-0.05, 0) is 17.7 Å². The van der Waals surface area contributed by atoms with Crippen LogP contribution < -0.4 is 4.90 Å². The lowest BCUT2D eigenvalue weighted by molar-refractivity contribution is 0.0397. The van der Waals surface area contributed by atoms with Crippen molar-refractivity contribution in [1.82, 2.24) is 5.01 Å². The van der Waals surface area contributed by atoms with Gasteiger partial charge in [-0.1, -0.05) is 32.0 Å². The molecule has 1 aromatic carbocycles. The lowest BCUT2D eigenvalue weighted by atomic mass is 9.84. The van der Waals surface area contributed by atoms with Gasteiger partial charge in [0.05, 0.1) is 26.3 Å². The van der Waals surface area contributed by atoms with Crippen molar-refractivity contribution < 1.29 is 4.74 Å². The summed E-state index contributed by atoms with van der Waals surface area (Å²) in [6.45, 7) is 7.82. The van der Waals surface area contributed by atoms with E-state index in [-0.39, 0.29) is 5.41 Å². The maximum absolute atomic E-state index is 5.33. The number of allylic oxidation sites excluding steroid dienone is 2. The van der Waals surface area contributed by atoms with Crippen LogP contribution in [0.5, 0.6) is 0 Å². The molecule has 0 unspecified atom stereocenters. The molecule has 0 radical (unpaired) electrons. The first-order chi connectivity index (χ1) is 10.1. The zero-order valence-electron chi connectivity index (χ0n) is 13.0. The van der Waals surface area contributed by atoms with E-state index in [1.165, 1.54) is 16.9 Å². The van der Waals surface area contributed by atoms with Gasteiger partial charge in [0, 0.05) is 30.1 Å². The summed E-state index contributed by atoms with van der Waals surface area (Å²) in [7, 11) is 2.13. The van der Waals surface area contributed by atoms with Crippen LogP contribution in [0.2, 0.25) is 0 Å². The van der Waals surface area contributed by atoms with Crippen LogP contribution in [0.3, 0.4) is 0 Å². The monoisotopic (exact) mass is 285 g/mol. The molecule has 0 bridgehead atoms. The summed E-state index contributed by atoms with van der Waals surface area (Å²) >= 11 is 0. The Morgan fingerprint density at radius 3 is 2.62 bits per heavy atom. The quantitative estimate of drug-likeness (QED) is 0.782. The van der Waals surface area contributed by atoms with Crippen LogP contribution in [-0.2, 0) is 10.2 Å². The van der Waals surface area contributed by atoms with Crippen LogP contribution in [0.1, 0.15) is 19.4 Å². The molecule has 1 aromatic rings. The number of rotatable bonds is 2. The van der Waals surface area contributed by atoms with Gasteiger partial charge in [0.2, 0.25) is 0 Å². The second-order valence-electron chi connectivity index (χ2n) is 6.08. The van der Waals surface area contributed by atoms with Crippen molar-refractivity contribution in [1.29, 1.82) is 0 Å². The Labute approximate surface area is 126 Å². The molecule has 0 aliphatic carbocycles. The van der Waals surface area contributed by atoms with Crippen LogP contribution >= 0.6 is 0 Å². The van der Waals surface area contributed by atoms with Gasteiger partial charge in [0.1, 0.15) is 0 Å². The highest BCUT2D eigenvalue weighted by Gasteiger charge is 2.37. The highest BCUT2D eigenvalue weighted by atomic mass is 16.5. The van der Waals surface area contributed by atoms with Crippen molar-refractivity contribution in [3.63, 3.8) is 0 Å². The number of anilines is 1. The maximum atomic E-state index is 5.33. The average Bonchev–Trinajstić information content (AvgIpc) is 2.70. The van der Waals surface area contributed by atoms with Crippen LogP contribution in [0.15, 0.2) is 41.1 Å². The van der Waals surface area contributed by atoms with Crippen molar-refractivity contribution in [2.24, 2.45) is 5.10 Å². The summed E-state index contributed by atoms with van der Waals surface area (Å²) in [5, 5.41) is 6.60. The minimum Gasteiger partial charge on any atom is -0.378 e. The maximum Gasteiger partial charge on any atom is 0.0659 e. The van der Waals surface area contributed by atoms with Crippen molar-refractivity contribution in [2.75, 3.05) is 38.3 Å². The summed E-state index contributed by atoms with van der Waals surface area (Å²) in [5.74, 6) is 0. The lowest BCUT2D eigenvalue weighted by Crippen LogP contribution is -2.32. The molecule has 4 heteroatoms. The molecular weight excluding hydrogens is 262 g/mol. The molecular formula is C17H23N3O. The fraction of sp³-hybridized carbons (Fsp3) is 0.471. The molecule has 2 heterocycles. The number of para-hydroxylation sites is 1. The van der Waals surface area contributed by atoms with E-state index in [0.717, 1.165) is 26.3 Å². The minimum atomic E-state index is 0.0162. The third-order valence-electron chi connectivity index (χ3n) is 4.39.